The van der Waals surface area contributed by atoms with Gasteiger partial charge in [-0.3, -0.25) is 0 Å². The Hall–Kier alpha value is -1.59. The summed E-state index contributed by atoms with van der Waals surface area (Å²) in [7, 11) is 0. The second-order valence-electron chi connectivity index (χ2n) is 2.69. The van der Waals surface area contributed by atoms with Crippen LogP contribution in [0.15, 0.2) is 12.1 Å². The summed E-state index contributed by atoms with van der Waals surface area (Å²) in [6.07, 6.45) is -4.81. The summed E-state index contributed by atoms with van der Waals surface area (Å²) in [5, 5.41) is 9.21. The molecule has 0 aliphatic rings. The largest absolute Gasteiger partial charge is 0.573 e. The lowest BCUT2D eigenvalue weighted by atomic mass is 10.2. The molecule has 3 nitrogen and oxygen atoms in total. The molecule has 0 aliphatic carbocycles. The van der Waals surface area contributed by atoms with Crippen molar-refractivity contribution in [2.45, 2.75) is 13.3 Å². The third kappa shape index (κ3) is 2.21. The Morgan fingerprint density at radius 1 is 1.36 bits per heavy atom. The average Bonchev–Trinajstić information content (AvgIpc) is 2.04. The van der Waals surface area contributed by atoms with Crippen LogP contribution in [0.3, 0.4) is 0 Å². The maximum absolute atomic E-state index is 11.8. The molecule has 0 unspecified atom stereocenters. The molecular formula is C8H8F3NO2. The van der Waals surface area contributed by atoms with Crippen molar-refractivity contribution < 1.29 is 23.0 Å². The van der Waals surface area contributed by atoms with Crippen LogP contribution in [0, 0.1) is 6.92 Å². The fourth-order valence-corrected chi connectivity index (χ4v) is 0.912. The van der Waals surface area contributed by atoms with E-state index >= 15 is 0 Å². The zero-order chi connectivity index (χ0) is 10.9. The van der Waals surface area contributed by atoms with Gasteiger partial charge in [0.05, 0.1) is 0 Å². The van der Waals surface area contributed by atoms with E-state index in [9.17, 15) is 18.3 Å². The van der Waals surface area contributed by atoms with E-state index in [0.717, 1.165) is 6.07 Å². The lowest BCUT2D eigenvalue weighted by molar-refractivity contribution is -0.274. The van der Waals surface area contributed by atoms with Crippen LogP contribution in [0.2, 0.25) is 0 Å². The van der Waals surface area contributed by atoms with Gasteiger partial charge in [0.2, 0.25) is 0 Å². The van der Waals surface area contributed by atoms with Crippen LogP contribution in [-0.4, -0.2) is 11.5 Å². The molecule has 0 saturated heterocycles. The van der Waals surface area contributed by atoms with Crippen molar-refractivity contribution in [3.8, 4) is 11.5 Å². The van der Waals surface area contributed by atoms with Crippen molar-refractivity contribution in [1.29, 1.82) is 0 Å². The first-order valence-electron chi connectivity index (χ1n) is 3.65. The van der Waals surface area contributed by atoms with E-state index < -0.39 is 23.5 Å². The highest BCUT2D eigenvalue weighted by Crippen LogP contribution is 2.36. The topological polar surface area (TPSA) is 55.5 Å². The molecule has 0 amide bonds. The first-order chi connectivity index (χ1) is 6.31. The molecule has 0 aromatic heterocycles. The number of phenolic OH excluding ortho intramolecular Hbond substituents is 1. The second-order valence-corrected chi connectivity index (χ2v) is 2.69. The smallest absolute Gasteiger partial charge is 0.505 e. The number of halogens is 3. The van der Waals surface area contributed by atoms with Crippen molar-refractivity contribution in [1.82, 2.24) is 0 Å². The molecule has 0 spiro atoms. The summed E-state index contributed by atoms with van der Waals surface area (Å²) >= 11 is 0. The zero-order valence-corrected chi connectivity index (χ0v) is 7.22. The van der Waals surface area contributed by atoms with Gasteiger partial charge in [0, 0.05) is 0 Å². The van der Waals surface area contributed by atoms with Crippen molar-refractivity contribution >= 4 is 5.69 Å². The predicted molar refractivity (Wildman–Crippen MR) is 43.9 cm³/mol. The first kappa shape index (κ1) is 10.5. The van der Waals surface area contributed by atoms with Gasteiger partial charge in [0.15, 0.2) is 5.75 Å². The number of alkyl halides is 3. The molecule has 1 rings (SSSR count). The SMILES string of the molecule is Cc1ccc(OC(F)(F)F)c(N)c1O. The molecule has 78 valence electrons. The quantitative estimate of drug-likeness (QED) is 0.548. The maximum Gasteiger partial charge on any atom is 0.573 e. The van der Waals surface area contributed by atoms with Crippen LogP contribution in [0.1, 0.15) is 5.56 Å². The number of nitrogen functional groups attached to an aromatic ring is 1. The monoisotopic (exact) mass is 207 g/mol. The minimum Gasteiger partial charge on any atom is -0.505 e. The number of aryl methyl sites for hydroxylation is 1. The summed E-state index contributed by atoms with van der Waals surface area (Å²) in [6.45, 7) is 1.52. The third-order valence-electron chi connectivity index (χ3n) is 1.60. The third-order valence-corrected chi connectivity index (χ3v) is 1.60. The van der Waals surface area contributed by atoms with Gasteiger partial charge in [0.1, 0.15) is 11.4 Å². The Bertz CT molecular complexity index is 349. The summed E-state index contributed by atoms with van der Waals surface area (Å²) in [5.41, 5.74) is 5.19. The maximum atomic E-state index is 11.8. The van der Waals surface area contributed by atoms with Gasteiger partial charge in [-0.1, -0.05) is 6.07 Å². The van der Waals surface area contributed by atoms with Crippen LogP contribution >= 0.6 is 0 Å². The number of rotatable bonds is 1. The van der Waals surface area contributed by atoms with E-state index in [0.29, 0.717) is 5.56 Å². The summed E-state index contributed by atoms with van der Waals surface area (Å²) in [6, 6.07) is 2.34. The Kier molecular flexibility index (Phi) is 2.46. The number of nitrogens with two attached hydrogens (primary N) is 1. The normalized spacial score (nSPS) is 11.4. The van der Waals surface area contributed by atoms with E-state index in [1.54, 1.807) is 0 Å². The van der Waals surface area contributed by atoms with Gasteiger partial charge in [-0.2, -0.15) is 0 Å². The molecular weight excluding hydrogens is 199 g/mol. The molecule has 1 aromatic rings. The number of benzene rings is 1. The Morgan fingerprint density at radius 3 is 2.43 bits per heavy atom. The molecule has 0 radical (unpaired) electrons. The number of hydrogen-bond donors (Lipinski definition) is 2. The summed E-state index contributed by atoms with van der Waals surface area (Å²) in [5.74, 6) is -0.993. The van der Waals surface area contributed by atoms with Gasteiger partial charge >= 0.3 is 6.36 Å². The van der Waals surface area contributed by atoms with Crippen LogP contribution in [0.5, 0.6) is 11.5 Å². The van der Waals surface area contributed by atoms with Crippen LogP contribution < -0.4 is 10.5 Å². The standard InChI is InChI=1S/C8H8F3NO2/c1-4-2-3-5(6(12)7(4)13)14-8(9,10)11/h2-3,13H,12H2,1H3. The lowest BCUT2D eigenvalue weighted by Crippen LogP contribution is -2.18. The Morgan fingerprint density at radius 2 is 1.93 bits per heavy atom. The van der Waals surface area contributed by atoms with E-state index in [1.165, 1.54) is 13.0 Å². The predicted octanol–water partition coefficient (Wildman–Crippen LogP) is 2.18. The molecule has 0 heterocycles. The highest BCUT2D eigenvalue weighted by molar-refractivity contribution is 5.64. The number of anilines is 1. The van der Waals surface area contributed by atoms with Crippen molar-refractivity contribution in [3.63, 3.8) is 0 Å². The minimum atomic E-state index is -4.81. The summed E-state index contributed by atoms with van der Waals surface area (Å²) < 4.78 is 39.0. The first-order valence-corrected chi connectivity index (χ1v) is 3.65. The van der Waals surface area contributed by atoms with Crippen molar-refractivity contribution in [2.24, 2.45) is 0 Å². The molecule has 0 bridgehead atoms. The number of phenols is 1. The average molecular weight is 207 g/mol. The van der Waals surface area contributed by atoms with Crippen LogP contribution in [-0.2, 0) is 0 Å². The number of aromatic hydroxyl groups is 1. The van der Waals surface area contributed by atoms with E-state index in [2.05, 4.69) is 4.74 Å². The Labute approximate surface area is 77.9 Å². The second kappa shape index (κ2) is 3.28. The summed E-state index contributed by atoms with van der Waals surface area (Å²) in [4.78, 5) is 0. The number of ether oxygens (including phenoxy) is 1. The Balaban J connectivity index is 3.06. The van der Waals surface area contributed by atoms with Gasteiger partial charge in [0.25, 0.3) is 0 Å². The molecule has 14 heavy (non-hydrogen) atoms. The number of hydrogen-bond acceptors (Lipinski definition) is 3. The molecule has 0 saturated carbocycles. The van der Waals surface area contributed by atoms with E-state index in [1.807, 2.05) is 0 Å². The molecule has 0 fully saturated rings. The lowest BCUT2D eigenvalue weighted by Gasteiger charge is -2.12. The highest BCUT2D eigenvalue weighted by atomic mass is 19.4. The molecule has 0 aliphatic heterocycles. The van der Waals surface area contributed by atoms with Crippen LogP contribution in [0.25, 0.3) is 0 Å². The van der Waals surface area contributed by atoms with E-state index in [4.69, 9.17) is 5.73 Å². The highest BCUT2D eigenvalue weighted by Gasteiger charge is 2.32. The van der Waals surface area contributed by atoms with Gasteiger partial charge in [-0.25, -0.2) is 0 Å². The van der Waals surface area contributed by atoms with Crippen molar-refractivity contribution in [2.75, 3.05) is 5.73 Å². The molecule has 0 atom stereocenters. The minimum absolute atomic E-state index is 0.386. The van der Waals surface area contributed by atoms with Crippen molar-refractivity contribution in [3.05, 3.63) is 17.7 Å². The van der Waals surface area contributed by atoms with Gasteiger partial charge < -0.3 is 15.6 Å². The van der Waals surface area contributed by atoms with E-state index in [-0.39, 0.29) is 0 Å². The van der Waals surface area contributed by atoms with Gasteiger partial charge in [-0.15, -0.1) is 13.2 Å². The fraction of sp³-hybridized carbons (Fsp3) is 0.250. The fourth-order valence-electron chi connectivity index (χ4n) is 0.912. The zero-order valence-electron chi connectivity index (χ0n) is 7.22. The van der Waals surface area contributed by atoms with Gasteiger partial charge in [-0.05, 0) is 18.6 Å². The van der Waals surface area contributed by atoms with Crippen LogP contribution in [0.4, 0.5) is 18.9 Å². The molecule has 3 N–H and O–H groups in total. The molecule has 6 heteroatoms. The molecule has 1 aromatic carbocycles.